The summed E-state index contributed by atoms with van der Waals surface area (Å²) in [7, 11) is -4.01. The maximum Gasteiger partial charge on any atom is 0.418 e. The molecule has 0 saturated heterocycles. The van der Waals surface area contributed by atoms with E-state index in [1.165, 1.54) is 24.3 Å². The fourth-order valence-corrected chi connectivity index (χ4v) is 4.24. The number of carbonyl (C=O) groups excluding carboxylic acids is 2. The van der Waals surface area contributed by atoms with Crippen molar-refractivity contribution in [2.24, 2.45) is 0 Å². The van der Waals surface area contributed by atoms with E-state index < -0.39 is 66.3 Å². The van der Waals surface area contributed by atoms with E-state index in [9.17, 15) is 41.3 Å². The second kappa shape index (κ2) is 10.6. The van der Waals surface area contributed by atoms with E-state index in [2.05, 4.69) is 5.32 Å². The predicted molar refractivity (Wildman–Crippen MR) is 126 cm³/mol. The van der Waals surface area contributed by atoms with Crippen molar-refractivity contribution in [1.29, 1.82) is 0 Å². The van der Waals surface area contributed by atoms with Crippen molar-refractivity contribution < 1.29 is 40.8 Å². The zero-order valence-corrected chi connectivity index (χ0v) is 20.2. The minimum Gasteiger partial charge on any atom is -0.444 e. The van der Waals surface area contributed by atoms with Gasteiger partial charge in [-0.05, 0) is 30.3 Å². The predicted octanol–water partition coefficient (Wildman–Crippen LogP) is 5.21. The van der Waals surface area contributed by atoms with Crippen LogP contribution < -0.4 is 5.32 Å². The second-order valence-electron chi connectivity index (χ2n) is 7.58. The van der Waals surface area contributed by atoms with Crippen LogP contribution in [-0.2, 0) is 25.5 Å². The summed E-state index contributed by atoms with van der Waals surface area (Å²) >= 11 is 5.66. The Morgan fingerprint density at radius 3 is 2.27 bits per heavy atom. The Balaban J connectivity index is 1.98. The van der Waals surface area contributed by atoms with Gasteiger partial charge in [-0.2, -0.15) is 13.2 Å². The molecule has 0 aliphatic rings. The van der Waals surface area contributed by atoms with E-state index in [4.69, 9.17) is 16.3 Å². The first-order valence-corrected chi connectivity index (χ1v) is 12.4. The smallest absolute Gasteiger partial charge is 0.418 e. The van der Waals surface area contributed by atoms with Crippen LogP contribution in [0.4, 0.5) is 24.5 Å². The molecule has 194 valence electrons. The molecule has 14 heteroatoms. The summed E-state index contributed by atoms with van der Waals surface area (Å²) in [6.45, 7) is 0. The molecule has 0 heterocycles. The van der Waals surface area contributed by atoms with Crippen LogP contribution in [0.5, 0.6) is 0 Å². The number of carbonyl (C=O) groups is 2. The van der Waals surface area contributed by atoms with Gasteiger partial charge >= 0.3 is 12.1 Å². The standard InChI is InChI=1S/C23H16ClF3N2O7S/c1-37(34,35)19-10-7-14(11-18(19)29(32)33)22(31)36-20(13-5-3-2-4-6-13)21(30)28-17-9-8-15(24)12-16(17)23(25,26)27/h2-12,20H,1H3,(H,28,30). The van der Waals surface area contributed by atoms with Crippen molar-refractivity contribution in [3.8, 4) is 0 Å². The summed E-state index contributed by atoms with van der Waals surface area (Å²) in [6, 6.07) is 12.4. The van der Waals surface area contributed by atoms with Gasteiger partial charge in [0.15, 0.2) is 9.84 Å². The number of sulfone groups is 1. The van der Waals surface area contributed by atoms with Crippen molar-refractivity contribution in [3.63, 3.8) is 0 Å². The number of rotatable bonds is 7. The summed E-state index contributed by atoms with van der Waals surface area (Å²) in [5, 5.41) is 13.2. The fourth-order valence-electron chi connectivity index (χ4n) is 3.23. The van der Waals surface area contributed by atoms with Gasteiger partial charge in [0.1, 0.15) is 4.90 Å². The Kier molecular flexibility index (Phi) is 7.88. The van der Waals surface area contributed by atoms with Crippen molar-refractivity contribution in [1.82, 2.24) is 0 Å². The molecule has 3 aromatic carbocycles. The number of nitrogens with one attached hydrogen (secondary N) is 1. The molecule has 0 radical (unpaired) electrons. The average molecular weight is 557 g/mol. The first-order valence-electron chi connectivity index (χ1n) is 10.1. The number of nitro groups is 1. The van der Waals surface area contributed by atoms with Gasteiger partial charge in [-0.3, -0.25) is 14.9 Å². The van der Waals surface area contributed by atoms with Crippen LogP contribution >= 0.6 is 11.6 Å². The number of amides is 1. The summed E-state index contributed by atoms with van der Waals surface area (Å²) < 4.78 is 69.3. The Morgan fingerprint density at radius 1 is 1.05 bits per heavy atom. The molecule has 37 heavy (non-hydrogen) atoms. The lowest BCUT2D eigenvalue weighted by molar-refractivity contribution is -0.387. The lowest BCUT2D eigenvalue weighted by atomic mass is 10.1. The van der Waals surface area contributed by atoms with Gasteiger partial charge < -0.3 is 10.1 Å². The molecule has 0 fully saturated rings. The van der Waals surface area contributed by atoms with Gasteiger partial charge in [0.05, 0.1) is 21.7 Å². The quantitative estimate of drug-likeness (QED) is 0.240. The van der Waals surface area contributed by atoms with Crippen molar-refractivity contribution >= 4 is 44.7 Å². The highest BCUT2D eigenvalue weighted by atomic mass is 35.5. The number of ether oxygens (including phenoxy) is 1. The van der Waals surface area contributed by atoms with Gasteiger partial charge in [-0.15, -0.1) is 0 Å². The van der Waals surface area contributed by atoms with Crippen LogP contribution in [-0.4, -0.2) is 31.5 Å². The molecule has 1 atom stereocenters. The van der Waals surface area contributed by atoms with Gasteiger partial charge in [0.2, 0.25) is 6.10 Å². The Hall–Kier alpha value is -3.97. The summed E-state index contributed by atoms with van der Waals surface area (Å²) in [5.74, 6) is -2.42. The highest BCUT2D eigenvalue weighted by molar-refractivity contribution is 7.90. The molecule has 1 N–H and O–H groups in total. The molecular weight excluding hydrogens is 541 g/mol. The molecule has 1 unspecified atom stereocenters. The van der Waals surface area contributed by atoms with Crippen molar-refractivity contribution in [2.75, 3.05) is 11.6 Å². The molecule has 0 bridgehead atoms. The second-order valence-corrected chi connectivity index (χ2v) is 10.0. The van der Waals surface area contributed by atoms with Crippen LogP contribution in [0.1, 0.15) is 27.6 Å². The highest BCUT2D eigenvalue weighted by Gasteiger charge is 2.36. The molecular formula is C23H16ClF3N2O7S. The van der Waals surface area contributed by atoms with E-state index in [1.807, 2.05) is 0 Å². The number of halogens is 4. The number of hydrogen-bond acceptors (Lipinski definition) is 7. The molecule has 0 aromatic heterocycles. The zero-order valence-electron chi connectivity index (χ0n) is 18.7. The van der Waals surface area contributed by atoms with Crippen LogP contribution in [0.15, 0.2) is 71.6 Å². The summed E-state index contributed by atoms with van der Waals surface area (Å²) in [6.07, 6.45) is -5.90. The minimum absolute atomic E-state index is 0.0816. The minimum atomic E-state index is -4.87. The zero-order chi connectivity index (χ0) is 27.5. The maximum absolute atomic E-state index is 13.5. The summed E-state index contributed by atoms with van der Waals surface area (Å²) in [4.78, 5) is 35.6. The van der Waals surface area contributed by atoms with Gasteiger partial charge in [-0.25, -0.2) is 13.2 Å². The molecule has 3 aromatic rings. The number of anilines is 1. The number of nitro benzene ring substituents is 1. The van der Waals surface area contributed by atoms with Crippen molar-refractivity contribution in [3.05, 3.63) is 98.6 Å². The third-order valence-electron chi connectivity index (χ3n) is 4.90. The van der Waals surface area contributed by atoms with Gasteiger partial charge in [0, 0.05) is 22.9 Å². The monoisotopic (exact) mass is 556 g/mol. The molecule has 9 nitrogen and oxygen atoms in total. The van der Waals surface area contributed by atoms with Crippen LogP contribution in [0.25, 0.3) is 0 Å². The van der Waals surface area contributed by atoms with Crippen LogP contribution in [0.3, 0.4) is 0 Å². The molecule has 3 rings (SSSR count). The largest absolute Gasteiger partial charge is 0.444 e. The van der Waals surface area contributed by atoms with Crippen LogP contribution in [0.2, 0.25) is 5.02 Å². The SMILES string of the molecule is CS(=O)(=O)c1ccc(C(=O)OC(C(=O)Nc2ccc(Cl)cc2C(F)(F)F)c2ccccc2)cc1[N+](=O)[O-]. The molecule has 1 amide bonds. The first-order chi connectivity index (χ1) is 17.2. The lowest BCUT2D eigenvalue weighted by Crippen LogP contribution is -2.27. The van der Waals surface area contributed by atoms with E-state index >= 15 is 0 Å². The Morgan fingerprint density at radius 2 is 1.70 bits per heavy atom. The number of nitrogens with zero attached hydrogens (tertiary/aromatic N) is 1. The molecule has 0 aliphatic heterocycles. The Bertz CT molecular complexity index is 1480. The average Bonchev–Trinajstić information content (AvgIpc) is 2.82. The van der Waals surface area contributed by atoms with Gasteiger partial charge in [-0.1, -0.05) is 41.9 Å². The lowest BCUT2D eigenvalue weighted by Gasteiger charge is -2.20. The van der Waals surface area contributed by atoms with Gasteiger partial charge in [0.25, 0.3) is 11.6 Å². The van der Waals surface area contributed by atoms with E-state index in [0.29, 0.717) is 12.1 Å². The van der Waals surface area contributed by atoms with E-state index in [0.717, 1.165) is 30.5 Å². The third-order valence-corrected chi connectivity index (χ3v) is 6.28. The molecule has 0 spiro atoms. The van der Waals surface area contributed by atoms with Crippen LogP contribution in [0, 0.1) is 10.1 Å². The normalized spacial score (nSPS) is 12.5. The van der Waals surface area contributed by atoms with E-state index in [1.54, 1.807) is 6.07 Å². The molecule has 0 saturated carbocycles. The van der Waals surface area contributed by atoms with E-state index in [-0.39, 0.29) is 10.6 Å². The Labute approximate surface area is 212 Å². The number of esters is 1. The third kappa shape index (κ3) is 6.62. The van der Waals surface area contributed by atoms with Crippen molar-refractivity contribution in [2.45, 2.75) is 17.2 Å². The molecule has 0 aliphatic carbocycles. The summed E-state index contributed by atoms with van der Waals surface area (Å²) in [5.41, 5.74) is -3.16. The maximum atomic E-state index is 13.5. The number of alkyl halides is 3. The number of hydrogen-bond donors (Lipinski definition) is 1. The number of benzene rings is 3. The fraction of sp³-hybridized carbons (Fsp3) is 0.130. The topological polar surface area (TPSA) is 133 Å². The highest BCUT2D eigenvalue weighted by Crippen LogP contribution is 2.37. The first kappa shape index (κ1) is 27.6.